The number of allylic oxidation sites excluding steroid dienone is 4. The van der Waals surface area contributed by atoms with Gasteiger partial charge in [0.1, 0.15) is 5.76 Å². The molecule has 0 amide bonds. The Hall–Kier alpha value is -1.18. The van der Waals surface area contributed by atoms with Crippen molar-refractivity contribution < 1.29 is 9.47 Å². The topological polar surface area (TPSA) is 18.5 Å². The molecule has 1 rings (SSSR count). The Morgan fingerprint density at radius 1 is 1.46 bits per heavy atom. The lowest BCUT2D eigenvalue weighted by atomic mass is 10.0. The zero-order valence-corrected chi connectivity index (χ0v) is 8.30. The fourth-order valence-electron chi connectivity index (χ4n) is 1.53. The molecule has 0 aromatic carbocycles. The molecule has 0 spiro atoms. The molecule has 2 heteroatoms. The van der Waals surface area contributed by atoms with Crippen LogP contribution in [-0.2, 0) is 9.47 Å². The van der Waals surface area contributed by atoms with Gasteiger partial charge in [-0.25, -0.2) is 0 Å². The van der Waals surface area contributed by atoms with Gasteiger partial charge in [0.2, 0.25) is 0 Å². The van der Waals surface area contributed by atoms with Crippen molar-refractivity contribution in [3.63, 3.8) is 0 Å². The molecular weight excluding hydrogens is 164 g/mol. The second kappa shape index (κ2) is 4.75. The van der Waals surface area contributed by atoms with Crippen molar-refractivity contribution in [3.05, 3.63) is 35.8 Å². The maximum absolute atomic E-state index is 5.30. The summed E-state index contributed by atoms with van der Waals surface area (Å²) in [6.45, 7) is 3.71. The minimum Gasteiger partial charge on any atom is -0.497 e. The maximum atomic E-state index is 5.30. The molecule has 0 saturated carbocycles. The van der Waals surface area contributed by atoms with Crippen LogP contribution in [0.2, 0.25) is 0 Å². The van der Waals surface area contributed by atoms with Crippen molar-refractivity contribution in [2.45, 2.75) is 19.3 Å². The van der Waals surface area contributed by atoms with Crippen LogP contribution in [0.25, 0.3) is 0 Å². The summed E-state index contributed by atoms with van der Waals surface area (Å²) in [5.41, 5.74) is 1.18. The highest BCUT2D eigenvalue weighted by Crippen LogP contribution is 2.28. The van der Waals surface area contributed by atoms with Crippen LogP contribution in [-0.4, -0.2) is 14.2 Å². The summed E-state index contributed by atoms with van der Waals surface area (Å²) >= 11 is 0. The highest BCUT2D eigenvalue weighted by Gasteiger charge is 2.15. The number of methoxy groups -OCH3 is 2. The second-order valence-corrected chi connectivity index (χ2v) is 2.92. The van der Waals surface area contributed by atoms with Crippen molar-refractivity contribution in [1.82, 2.24) is 0 Å². The molecule has 0 heterocycles. The van der Waals surface area contributed by atoms with Gasteiger partial charge in [-0.05, 0) is 18.4 Å². The molecule has 1 aliphatic rings. The first kappa shape index (κ1) is 9.90. The average molecular weight is 180 g/mol. The minimum atomic E-state index is 0.843. The maximum Gasteiger partial charge on any atom is 0.159 e. The van der Waals surface area contributed by atoms with Crippen LogP contribution < -0.4 is 0 Å². The van der Waals surface area contributed by atoms with Crippen LogP contribution in [0.15, 0.2) is 35.8 Å². The van der Waals surface area contributed by atoms with Gasteiger partial charge in [-0.1, -0.05) is 12.2 Å². The lowest BCUT2D eigenvalue weighted by Gasteiger charge is -2.18. The Bertz CT molecular complexity index is 249. The molecule has 1 aliphatic carbocycles. The fraction of sp³-hybridized carbons (Fsp3) is 0.455. The zero-order chi connectivity index (χ0) is 9.68. The van der Waals surface area contributed by atoms with Crippen LogP contribution in [0.3, 0.4) is 0 Å². The molecule has 2 nitrogen and oxygen atoms in total. The van der Waals surface area contributed by atoms with E-state index in [2.05, 4.69) is 12.7 Å². The van der Waals surface area contributed by atoms with Crippen molar-refractivity contribution in [2.24, 2.45) is 0 Å². The van der Waals surface area contributed by atoms with E-state index in [-0.39, 0.29) is 0 Å². The lowest BCUT2D eigenvalue weighted by molar-refractivity contribution is 0.214. The van der Waals surface area contributed by atoms with E-state index in [0.29, 0.717) is 0 Å². The average Bonchev–Trinajstić information content (AvgIpc) is 2.18. The van der Waals surface area contributed by atoms with Crippen molar-refractivity contribution in [2.75, 3.05) is 14.2 Å². The Morgan fingerprint density at radius 2 is 2.23 bits per heavy atom. The summed E-state index contributed by atoms with van der Waals surface area (Å²) in [4.78, 5) is 0. The van der Waals surface area contributed by atoms with Gasteiger partial charge < -0.3 is 9.47 Å². The van der Waals surface area contributed by atoms with Gasteiger partial charge in [0.15, 0.2) is 5.76 Å². The second-order valence-electron chi connectivity index (χ2n) is 2.92. The molecular formula is C11H16O2. The predicted octanol–water partition coefficient (Wildman–Crippen LogP) is 2.79. The predicted molar refractivity (Wildman–Crippen MR) is 53.2 cm³/mol. The first-order valence-electron chi connectivity index (χ1n) is 4.45. The molecule has 13 heavy (non-hydrogen) atoms. The highest BCUT2D eigenvalue weighted by molar-refractivity contribution is 5.33. The highest BCUT2D eigenvalue weighted by atomic mass is 16.5. The van der Waals surface area contributed by atoms with Crippen LogP contribution >= 0.6 is 0 Å². The third-order valence-electron chi connectivity index (χ3n) is 2.12. The molecule has 0 bridgehead atoms. The van der Waals surface area contributed by atoms with Crippen molar-refractivity contribution >= 4 is 0 Å². The van der Waals surface area contributed by atoms with Gasteiger partial charge >= 0.3 is 0 Å². The largest absolute Gasteiger partial charge is 0.497 e. The lowest BCUT2D eigenvalue weighted by Crippen LogP contribution is -2.04. The summed E-state index contributed by atoms with van der Waals surface area (Å²) in [6.07, 6.45) is 6.86. The van der Waals surface area contributed by atoms with Crippen LogP contribution in [0.4, 0.5) is 0 Å². The molecule has 0 aliphatic heterocycles. The molecule has 0 atom stereocenters. The van der Waals surface area contributed by atoms with E-state index in [1.807, 2.05) is 6.08 Å². The number of rotatable bonds is 4. The fourth-order valence-corrected chi connectivity index (χ4v) is 1.53. The van der Waals surface area contributed by atoms with E-state index < -0.39 is 0 Å². The van der Waals surface area contributed by atoms with E-state index in [0.717, 1.165) is 30.8 Å². The van der Waals surface area contributed by atoms with E-state index in [1.165, 1.54) is 5.57 Å². The van der Waals surface area contributed by atoms with Gasteiger partial charge in [-0.3, -0.25) is 0 Å². The van der Waals surface area contributed by atoms with Gasteiger partial charge in [-0.15, -0.1) is 6.58 Å². The molecule has 0 unspecified atom stereocenters. The molecule has 0 radical (unpaired) electrons. The summed E-state index contributed by atoms with van der Waals surface area (Å²) < 4.78 is 10.5. The Kier molecular flexibility index (Phi) is 3.62. The number of ether oxygens (including phenoxy) is 2. The standard InChI is InChI=1S/C11H16O2/c1-4-6-9-7-5-8-10(12-2)11(9)13-3/h4,7H,1,5-6,8H2,2-3H3. The third kappa shape index (κ3) is 2.14. The van der Waals surface area contributed by atoms with Crippen LogP contribution in [0.5, 0.6) is 0 Å². The summed E-state index contributed by atoms with van der Waals surface area (Å²) in [7, 11) is 3.36. The summed E-state index contributed by atoms with van der Waals surface area (Å²) in [6, 6.07) is 0. The van der Waals surface area contributed by atoms with Crippen LogP contribution in [0.1, 0.15) is 19.3 Å². The summed E-state index contributed by atoms with van der Waals surface area (Å²) in [5.74, 6) is 1.83. The van der Waals surface area contributed by atoms with Crippen molar-refractivity contribution in [1.29, 1.82) is 0 Å². The molecule has 0 aromatic rings. The smallest absolute Gasteiger partial charge is 0.159 e. The molecule has 0 aromatic heterocycles. The molecule has 0 N–H and O–H groups in total. The Balaban J connectivity index is 2.88. The van der Waals surface area contributed by atoms with E-state index in [4.69, 9.17) is 9.47 Å². The van der Waals surface area contributed by atoms with Gasteiger partial charge in [-0.2, -0.15) is 0 Å². The van der Waals surface area contributed by atoms with Gasteiger partial charge in [0.05, 0.1) is 14.2 Å². The van der Waals surface area contributed by atoms with Gasteiger partial charge in [0, 0.05) is 6.42 Å². The first-order valence-corrected chi connectivity index (χ1v) is 4.45. The van der Waals surface area contributed by atoms with Crippen molar-refractivity contribution in [3.8, 4) is 0 Å². The number of hydrogen-bond donors (Lipinski definition) is 0. The quantitative estimate of drug-likeness (QED) is 0.619. The van der Waals surface area contributed by atoms with Gasteiger partial charge in [0.25, 0.3) is 0 Å². The SMILES string of the molecule is C=CCC1=CCCC(OC)=C1OC. The normalized spacial score (nSPS) is 16.6. The van der Waals surface area contributed by atoms with E-state index >= 15 is 0 Å². The molecule has 0 fully saturated rings. The van der Waals surface area contributed by atoms with Crippen LogP contribution in [0, 0.1) is 0 Å². The number of hydrogen-bond acceptors (Lipinski definition) is 2. The summed E-state index contributed by atoms with van der Waals surface area (Å²) in [5, 5.41) is 0. The van der Waals surface area contributed by atoms with E-state index in [9.17, 15) is 0 Å². The zero-order valence-electron chi connectivity index (χ0n) is 8.30. The first-order chi connectivity index (χ1) is 6.33. The molecule has 72 valence electrons. The Morgan fingerprint density at radius 3 is 2.77 bits per heavy atom. The Labute approximate surface area is 79.5 Å². The minimum absolute atomic E-state index is 0.843. The molecule has 0 saturated heterocycles. The monoisotopic (exact) mass is 180 g/mol. The van der Waals surface area contributed by atoms with E-state index in [1.54, 1.807) is 14.2 Å². The third-order valence-corrected chi connectivity index (χ3v) is 2.12.